The maximum absolute atomic E-state index is 12.1. The molecule has 1 aliphatic heterocycles. The van der Waals surface area contributed by atoms with E-state index < -0.39 is 0 Å². The van der Waals surface area contributed by atoms with Gasteiger partial charge in [-0.3, -0.25) is 9.59 Å². The second-order valence-electron chi connectivity index (χ2n) is 4.39. The molecule has 0 aliphatic carbocycles. The van der Waals surface area contributed by atoms with Crippen LogP contribution >= 0.6 is 12.2 Å². The third kappa shape index (κ3) is 2.19. The van der Waals surface area contributed by atoms with E-state index in [-0.39, 0.29) is 29.1 Å². The maximum atomic E-state index is 12.1. The first-order valence-corrected chi connectivity index (χ1v) is 6.21. The third-order valence-electron chi connectivity index (χ3n) is 3.08. The molecule has 0 radical (unpaired) electrons. The fourth-order valence-electron chi connectivity index (χ4n) is 2.14. The molecule has 0 spiro atoms. The minimum Gasteiger partial charge on any atom is -0.495 e. The molecule has 1 aromatic carbocycles. The second-order valence-corrected chi connectivity index (χ2v) is 4.83. The lowest BCUT2D eigenvalue weighted by Gasteiger charge is -2.20. The molecule has 0 bridgehead atoms. The molecule has 100 valence electrons. The molecule has 1 fully saturated rings. The van der Waals surface area contributed by atoms with Gasteiger partial charge in [-0.15, -0.1) is 0 Å². The molecule has 2 rings (SSSR count). The highest BCUT2D eigenvalue weighted by Gasteiger charge is 2.39. The van der Waals surface area contributed by atoms with Gasteiger partial charge in [0.05, 0.1) is 7.11 Å². The molecule has 1 saturated heterocycles. The van der Waals surface area contributed by atoms with Gasteiger partial charge in [0.15, 0.2) is 0 Å². The van der Waals surface area contributed by atoms with Crippen molar-refractivity contribution in [3.05, 3.63) is 23.8 Å². The number of carbonyl (C=O) groups is 2. The van der Waals surface area contributed by atoms with Crippen LogP contribution in [0, 0.1) is 5.92 Å². The molecule has 1 unspecified atom stereocenters. The molecule has 1 aromatic rings. The topological polar surface area (TPSA) is 72.6 Å². The van der Waals surface area contributed by atoms with Gasteiger partial charge in [-0.25, -0.2) is 4.90 Å². The van der Waals surface area contributed by atoms with Crippen LogP contribution < -0.4 is 15.4 Å². The monoisotopic (exact) mass is 278 g/mol. The van der Waals surface area contributed by atoms with Crippen molar-refractivity contribution >= 4 is 34.7 Å². The van der Waals surface area contributed by atoms with Gasteiger partial charge in [-0.05, 0) is 12.1 Å². The summed E-state index contributed by atoms with van der Waals surface area (Å²) in [6.45, 7) is 1.72. The second kappa shape index (κ2) is 4.97. The maximum Gasteiger partial charge on any atom is 0.237 e. The molecule has 19 heavy (non-hydrogen) atoms. The predicted octanol–water partition coefficient (Wildman–Crippen LogP) is 1.23. The summed E-state index contributed by atoms with van der Waals surface area (Å²) in [7, 11) is 1.47. The van der Waals surface area contributed by atoms with Crippen molar-refractivity contribution in [1.29, 1.82) is 0 Å². The summed E-state index contributed by atoms with van der Waals surface area (Å²) in [4.78, 5) is 25.4. The van der Waals surface area contributed by atoms with Crippen molar-refractivity contribution in [2.24, 2.45) is 11.7 Å². The van der Waals surface area contributed by atoms with E-state index in [1.54, 1.807) is 25.1 Å². The zero-order valence-electron chi connectivity index (χ0n) is 10.7. The van der Waals surface area contributed by atoms with Gasteiger partial charge in [0.25, 0.3) is 0 Å². The minimum absolute atomic E-state index is 0.119. The average molecular weight is 278 g/mol. The van der Waals surface area contributed by atoms with Gasteiger partial charge >= 0.3 is 0 Å². The first kappa shape index (κ1) is 13.5. The number of rotatable bonds is 3. The molecule has 1 atom stereocenters. The lowest BCUT2D eigenvalue weighted by molar-refractivity contribution is -0.122. The largest absolute Gasteiger partial charge is 0.495 e. The standard InChI is InChI=1S/C13H14N2O3S/c1-7-6-10(16)15(13(7)17)11-8(12(14)19)4-3-5-9(11)18-2/h3-5,7H,6H2,1-2H3,(H2,14,19). The van der Waals surface area contributed by atoms with Gasteiger partial charge in [0, 0.05) is 17.9 Å². The summed E-state index contributed by atoms with van der Waals surface area (Å²) in [5, 5.41) is 0. The van der Waals surface area contributed by atoms with Gasteiger partial charge in [0.1, 0.15) is 16.4 Å². The highest BCUT2D eigenvalue weighted by atomic mass is 32.1. The van der Waals surface area contributed by atoms with Crippen LogP contribution in [-0.4, -0.2) is 23.9 Å². The number of nitrogens with zero attached hydrogens (tertiary/aromatic N) is 1. The Labute approximate surface area is 116 Å². The van der Waals surface area contributed by atoms with E-state index >= 15 is 0 Å². The number of carbonyl (C=O) groups excluding carboxylic acids is 2. The van der Waals surface area contributed by atoms with E-state index in [0.29, 0.717) is 17.0 Å². The molecule has 0 saturated carbocycles. The van der Waals surface area contributed by atoms with Crippen molar-refractivity contribution in [1.82, 2.24) is 0 Å². The van der Waals surface area contributed by atoms with Crippen LogP contribution in [0.4, 0.5) is 5.69 Å². The summed E-state index contributed by atoms with van der Waals surface area (Å²) in [6, 6.07) is 5.05. The number of methoxy groups -OCH3 is 1. The fourth-order valence-corrected chi connectivity index (χ4v) is 2.30. The number of hydrogen-bond acceptors (Lipinski definition) is 4. The van der Waals surface area contributed by atoms with Gasteiger partial charge in [-0.1, -0.05) is 25.2 Å². The van der Waals surface area contributed by atoms with Gasteiger partial charge in [-0.2, -0.15) is 0 Å². The first-order chi connectivity index (χ1) is 8.97. The number of amides is 2. The normalized spacial score (nSPS) is 18.8. The molecule has 1 heterocycles. The highest BCUT2D eigenvalue weighted by molar-refractivity contribution is 7.80. The lowest BCUT2D eigenvalue weighted by atomic mass is 10.1. The summed E-state index contributed by atoms with van der Waals surface area (Å²) >= 11 is 4.97. The predicted molar refractivity (Wildman–Crippen MR) is 75.2 cm³/mol. The average Bonchev–Trinajstić information content (AvgIpc) is 2.62. The SMILES string of the molecule is COc1cccc(C(N)=S)c1N1C(=O)CC(C)C1=O. The summed E-state index contributed by atoms with van der Waals surface area (Å²) in [6.07, 6.45) is 0.188. The number of benzene rings is 1. The zero-order valence-corrected chi connectivity index (χ0v) is 11.5. The van der Waals surface area contributed by atoms with E-state index in [1.165, 1.54) is 7.11 Å². The number of hydrogen-bond donors (Lipinski definition) is 1. The Morgan fingerprint density at radius 1 is 1.47 bits per heavy atom. The van der Waals surface area contributed by atoms with E-state index in [1.807, 2.05) is 0 Å². The smallest absolute Gasteiger partial charge is 0.237 e. The van der Waals surface area contributed by atoms with Crippen LogP contribution in [0.15, 0.2) is 18.2 Å². The Kier molecular flexibility index (Phi) is 3.53. The summed E-state index contributed by atoms with van der Waals surface area (Å²) in [5.74, 6) is -0.454. The van der Waals surface area contributed by atoms with Gasteiger partial charge < -0.3 is 10.5 Å². The molecule has 1 aliphatic rings. The Morgan fingerprint density at radius 3 is 2.63 bits per heavy atom. The van der Waals surface area contributed by atoms with Crippen LogP contribution in [-0.2, 0) is 9.59 Å². The van der Waals surface area contributed by atoms with Crippen LogP contribution in [0.2, 0.25) is 0 Å². The summed E-state index contributed by atoms with van der Waals surface area (Å²) < 4.78 is 5.22. The Morgan fingerprint density at radius 2 is 2.16 bits per heavy atom. The molecular weight excluding hydrogens is 264 g/mol. The highest BCUT2D eigenvalue weighted by Crippen LogP contribution is 2.36. The molecular formula is C13H14N2O3S. The number of para-hydroxylation sites is 1. The molecule has 5 nitrogen and oxygen atoms in total. The van der Waals surface area contributed by atoms with Crippen molar-refractivity contribution in [2.75, 3.05) is 12.0 Å². The van der Waals surface area contributed by atoms with Crippen LogP contribution in [0.3, 0.4) is 0 Å². The number of thiocarbonyl (C=S) groups is 1. The quantitative estimate of drug-likeness (QED) is 0.665. The van der Waals surface area contributed by atoms with E-state index in [9.17, 15) is 9.59 Å². The van der Waals surface area contributed by atoms with Crippen molar-refractivity contribution in [2.45, 2.75) is 13.3 Å². The number of anilines is 1. The van der Waals surface area contributed by atoms with Crippen LogP contribution in [0.5, 0.6) is 5.75 Å². The number of nitrogens with two attached hydrogens (primary N) is 1. The van der Waals surface area contributed by atoms with Gasteiger partial charge in [0.2, 0.25) is 11.8 Å². The minimum atomic E-state index is -0.336. The van der Waals surface area contributed by atoms with Crippen molar-refractivity contribution in [3.63, 3.8) is 0 Å². The number of ether oxygens (including phenoxy) is 1. The molecule has 6 heteroatoms. The number of imide groups is 1. The van der Waals surface area contributed by atoms with E-state index in [0.717, 1.165) is 4.90 Å². The Balaban J connectivity index is 2.63. The Bertz CT molecular complexity index is 571. The third-order valence-corrected chi connectivity index (χ3v) is 3.30. The van der Waals surface area contributed by atoms with E-state index in [4.69, 9.17) is 22.7 Å². The zero-order chi connectivity index (χ0) is 14.2. The molecule has 2 N–H and O–H groups in total. The first-order valence-electron chi connectivity index (χ1n) is 5.81. The van der Waals surface area contributed by atoms with Crippen LogP contribution in [0.25, 0.3) is 0 Å². The molecule has 2 amide bonds. The van der Waals surface area contributed by atoms with Crippen molar-refractivity contribution < 1.29 is 14.3 Å². The van der Waals surface area contributed by atoms with E-state index in [2.05, 4.69) is 0 Å². The molecule has 0 aromatic heterocycles. The van der Waals surface area contributed by atoms with Crippen LogP contribution in [0.1, 0.15) is 18.9 Å². The fraction of sp³-hybridized carbons (Fsp3) is 0.308. The lowest BCUT2D eigenvalue weighted by Crippen LogP contribution is -2.32. The Hall–Kier alpha value is -1.95. The summed E-state index contributed by atoms with van der Waals surface area (Å²) in [5.41, 5.74) is 6.47. The van der Waals surface area contributed by atoms with Crippen molar-refractivity contribution in [3.8, 4) is 5.75 Å².